The van der Waals surface area contributed by atoms with E-state index in [0.29, 0.717) is 5.69 Å². The van der Waals surface area contributed by atoms with Gasteiger partial charge in [-0.3, -0.25) is 4.79 Å². The summed E-state index contributed by atoms with van der Waals surface area (Å²) in [5.41, 5.74) is 2.67. The number of nitrogens with one attached hydrogen (secondary N) is 1. The molecule has 1 aromatic carbocycles. The highest BCUT2D eigenvalue weighted by Crippen LogP contribution is 2.36. The van der Waals surface area contributed by atoms with Gasteiger partial charge in [-0.15, -0.1) is 0 Å². The maximum atomic E-state index is 12.4. The third kappa shape index (κ3) is 3.17. The Morgan fingerprint density at radius 1 is 1.42 bits per heavy atom. The summed E-state index contributed by atoms with van der Waals surface area (Å²) in [4.78, 5) is 23.5. The van der Waals surface area contributed by atoms with Crippen LogP contribution in [0.25, 0.3) is 10.2 Å². The average molecular weight is 390 g/mol. The summed E-state index contributed by atoms with van der Waals surface area (Å²) in [6, 6.07) is 4.02. The first-order chi connectivity index (χ1) is 12.5. The van der Waals surface area contributed by atoms with E-state index in [-0.39, 0.29) is 11.9 Å². The van der Waals surface area contributed by atoms with Crippen molar-refractivity contribution in [3.8, 4) is 0 Å². The Morgan fingerprint density at radius 2 is 2.27 bits per heavy atom. The molecule has 1 atom stereocenters. The number of aryl methyl sites for hydroxylation is 2. The molecule has 1 unspecified atom stereocenters. The molecule has 0 radical (unpaired) electrons. The van der Waals surface area contributed by atoms with Gasteiger partial charge in [0.15, 0.2) is 5.13 Å². The Bertz CT molecular complexity index is 927. The van der Waals surface area contributed by atoms with Crippen molar-refractivity contribution in [2.45, 2.75) is 25.8 Å². The summed E-state index contributed by atoms with van der Waals surface area (Å²) in [6.07, 6.45) is 5.20. The minimum atomic E-state index is -0.0833. The fourth-order valence-electron chi connectivity index (χ4n) is 3.33. The van der Waals surface area contributed by atoms with Crippen molar-refractivity contribution in [2.75, 3.05) is 18.0 Å². The topological polar surface area (TPSA) is 63.1 Å². The molecule has 1 amide bonds. The third-order valence-electron chi connectivity index (χ3n) is 4.76. The van der Waals surface area contributed by atoms with Gasteiger partial charge in [0.05, 0.1) is 27.8 Å². The van der Waals surface area contributed by atoms with Crippen molar-refractivity contribution in [1.29, 1.82) is 0 Å². The molecule has 2 aromatic heterocycles. The molecule has 1 aliphatic rings. The normalized spacial score (nSPS) is 17.7. The summed E-state index contributed by atoms with van der Waals surface area (Å²) in [7, 11) is 1.82. The number of fused-ring (bicyclic) bond motifs is 1. The molecule has 1 aliphatic heterocycles. The average Bonchev–Trinajstić information content (AvgIpc) is 3.26. The van der Waals surface area contributed by atoms with Crippen LogP contribution in [0.3, 0.4) is 0 Å². The van der Waals surface area contributed by atoms with Gasteiger partial charge in [0.2, 0.25) is 0 Å². The fraction of sp³-hybridized carbons (Fsp3) is 0.389. The van der Waals surface area contributed by atoms with Crippen LogP contribution in [0.1, 0.15) is 28.9 Å². The van der Waals surface area contributed by atoms with E-state index in [9.17, 15) is 4.79 Å². The number of carbonyl (C=O) groups is 1. The lowest BCUT2D eigenvalue weighted by Crippen LogP contribution is -2.48. The number of aromatic nitrogens is 3. The largest absolute Gasteiger partial charge is 0.346 e. The maximum absolute atomic E-state index is 12.4. The molecule has 3 heterocycles. The predicted octanol–water partition coefficient (Wildman–Crippen LogP) is 3.39. The molecule has 8 heteroatoms. The minimum absolute atomic E-state index is 0.0833. The molecular weight excluding hydrogens is 370 g/mol. The van der Waals surface area contributed by atoms with Crippen molar-refractivity contribution in [2.24, 2.45) is 7.05 Å². The number of hydrogen-bond donors (Lipinski definition) is 1. The number of imidazole rings is 1. The van der Waals surface area contributed by atoms with Gasteiger partial charge in [-0.25, -0.2) is 9.97 Å². The van der Waals surface area contributed by atoms with Crippen LogP contribution in [0.15, 0.2) is 24.7 Å². The number of piperidine rings is 1. The second-order valence-corrected chi connectivity index (χ2v) is 8.07. The molecule has 0 aliphatic carbocycles. The number of benzene rings is 1. The van der Waals surface area contributed by atoms with Crippen LogP contribution in [-0.4, -0.2) is 39.6 Å². The SMILES string of the molecule is Cc1ccc(Cl)c2sc(N3CCCC(NC(=O)c4cncn4C)C3)nc12. The van der Waals surface area contributed by atoms with E-state index in [0.717, 1.165) is 51.9 Å². The van der Waals surface area contributed by atoms with Crippen molar-refractivity contribution >= 4 is 44.2 Å². The van der Waals surface area contributed by atoms with Gasteiger partial charge in [0, 0.05) is 26.2 Å². The van der Waals surface area contributed by atoms with Gasteiger partial charge in [0.1, 0.15) is 5.69 Å². The molecular formula is C18H20ClN5OS. The molecule has 6 nitrogen and oxygen atoms in total. The van der Waals surface area contributed by atoms with E-state index in [2.05, 4.69) is 22.1 Å². The molecule has 136 valence electrons. The zero-order valence-corrected chi connectivity index (χ0v) is 16.3. The summed E-state index contributed by atoms with van der Waals surface area (Å²) in [6.45, 7) is 3.74. The zero-order valence-electron chi connectivity index (χ0n) is 14.7. The van der Waals surface area contributed by atoms with Gasteiger partial charge in [-0.05, 0) is 31.4 Å². The smallest absolute Gasteiger partial charge is 0.269 e. The monoisotopic (exact) mass is 389 g/mol. The van der Waals surface area contributed by atoms with Gasteiger partial charge < -0.3 is 14.8 Å². The Balaban J connectivity index is 1.52. The summed E-state index contributed by atoms with van der Waals surface area (Å²) < 4.78 is 2.76. The molecule has 0 saturated carbocycles. The van der Waals surface area contributed by atoms with Gasteiger partial charge >= 0.3 is 0 Å². The molecule has 3 aromatic rings. The highest BCUT2D eigenvalue weighted by atomic mass is 35.5. The number of nitrogens with zero attached hydrogens (tertiary/aromatic N) is 4. The highest BCUT2D eigenvalue weighted by Gasteiger charge is 2.25. The lowest BCUT2D eigenvalue weighted by atomic mass is 10.1. The second-order valence-electron chi connectivity index (χ2n) is 6.69. The Labute approximate surface area is 160 Å². The first-order valence-corrected chi connectivity index (χ1v) is 9.80. The number of anilines is 1. The number of carbonyl (C=O) groups excluding carboxylic acids is 1. The van der Waals surface area contributed by atoms with Gasteiger partial charge in [-0.2, -0.15) is 0 Å². The van der Waals surface area contributed by atoms with Crippen LogP contribution in [0.5, 0.6) is 0 Å². The summed E-state index contributed by atoms with van der Waals surface area (Å²) in [5.74, 6) is -0.0833. The number of halogens is 1. The first kappa shape index (κ1) is 17.3. The molecule has 1 saturated heterocycles. The van der Waals surface area contributed by atoms with Gasteiger partial charge in [-0.1, -0.05) is 29.0 Å². The van der Waals surface area contributed by atoms with Crippen LogP contribution >= 0.6 is 22.9 Å². The van der Waals surface area contributed by atoms with Crippen LogP contribution < -0.4 is 10.2 Å². The standard InChI is InChI=1S/C18H20ClN5OS/c1-11-5-6-13(19)16-15(11)22-18(26-16)24-7-3-4-12(9-24)21-17(25)14-8-20-10-23(14)2/h5-6,8,10,12H,3-4,7,9H2,1-2H3,(H,21,25). The van der Waals surface area contributed by atoms with E-state index in [1.54, 1.807) is 28.4 Å². The Hall–Kier alpha value is -2.12. The van der Waals surface area contributed by atoms with Crippen molar-refractivity contribution < 1.29 is 4.79 Å². The van der Waals surface area contributed by atoms with E-state index >= 15 is 0 Å². The summed E-state index contributed by atoms with van der Waals surface area (Å²) in [5, 5.41) is 4.84. The molecule has 26 heavy (non-hydrogen) atoms. The number of amides is 1. The molecule has 1 N–H and O–H groups in total. The molecule has 1 fully saturated rings. The van der Waals surface area contributed by atoms with Crippen LogP contribution in [0.2, 0.25) is 5.02 Å². The van der Waals surface area contributed by atoms with E-state index in [4.69, 9.17) is 16.6 Å². The molecule has 0 spiro atoms. The number of thiazole rings is 1. The summed E-state index contributed by atoms with van der Waals surface area (Å²) >= 11 is 7.96. The Kier molecular flexibility index (Phi) is 4.58. The second kappa shape index (κ2) is 6.89. The van der Waals surface area contributed by atoms with Crippen molar-refractivity contribution in [3.63, 3.8) is 0 Å². The molecule has 0 bridgehead atoms. The van der Waals surface area contributed by atoms with Crippen molar-refractivity contribution in [3.05, 3.63) is 40.9 Å². The first-order valence-electron chi connectivity index (χ1n) is 8.60. The van der Waals surface area contributed by atoms with Crippen LogP contribution in [0.4, 0.5) is 5.13 Å². The van der Waals surface area contributed by atoms with E-state index in [1.165, 1.54) is 0 Å². The quantitative estimate of drug-likeness (QED) is 0.745. The number of hydrogen-bond acceptors (Lipinski definition) is 5. The third-order valence-corrected chi connectivity index (χ3v) is 6.34. The van der Waals surface area contributed by atoms with Crippen LogP contribution in [0, 0.1) is 6.92 Å². The maximum Gasteiger partial charge on any atom is 0.269 e. The zero-order chi connectivity index (χ0) is 18.3. The number of rotatable bonds is 3. The molecule has 4 rings (SSSR count). The van der Waals surface area contributed by atoms with Crippen LogP contribution in [-0.2, 0) is 7.05 Å². The van der Waals surface area contributed by atoms with Gasteiger partial charge in [0.25, 0.3) is 5.91 Å². The van der Waals surface area contributed by atoms with E-state index < -0.39 is 0 Å². The van der Waals surface area contributed by atoms with E-state index in [1.807, 2.05) is 19.2 Å². The van der Waals surface area contributed by atoms with Crippen molar-refractivity contribution in [1.82, 2.24) is 19.9 Å². The highest BCUT2D eigenvalue weighted by molar-refractivity contribution is 7.22. The Morgan fingerprint density at radius 3 is 3.00 bits per heavy atom. The lowest BCUT2D eigenvalue weighted by molar-refractivity contribution is 0.0925. The predicted molar refractivity (Wildman–Crippen MR) is 105 cm³/mol. The minimum Gasteiger partial charge on any atom is -0.346 e. The lowest BCUT2D eigenvalue weighted by Gasteiger charge is -2.32. The fourth-order valence-corrected chi connectivity index (χ4v) is 4.68.